The first-order valence-corrected chi connectivity index (χ1v) is 9.79. The molecule has 140 valence electrons. The van der Waals surface area contributed by atoms with Gasteiger partial charge in [0.25, 0.3) is 11.8 Å². The predicted octanol–water partition coefficient (Wildman–Crippen LogP) is 4.92. The zero-order valence-corrected chi connectivity index (χ0v) is 15.8. The summed E-state index contributed by atoms with van der Waals surface area (Å²) >= 11 is 0. The first-order valence-electron chi connectivity index (χ1n) is 9.79. The molecule has 1 heterocycles. The number of carbonyl (C=O) groups excluding carboxylic acids is 2. The molecule has 0 aromatic heterocycles. The molecule has 0 bridgehead atoms. The molecule has 2 amide bonds. The Morgan fingerprint density at radius 1 is 0.571 bits per heavy atom. The van der Waals surface area contributed by atoms with E-state index >= 15 is 0 Å². The summed E-state index contributed by atoms with van der Waals surface area (Å²) in [6.45, 7) is 0. The van der Waals surface area contributed by atoms with Gasteiger partial charge in [0.15, 0.2) is 0 Å². The summed E-state index contributed by atoms with van der Waals surface area (Å²) in [4.78, 5) is 27.4. The van der Waals surface area contributed by atoms with E-state index in [0.29, 0.717) is 11.1 Å². The minimum absolute atomic E-state index is 0.118. The molecule has 0 N–H and O–H groups in total. The Labute approximate surface area is 165 Å². The van der Waals surface area contributed by atoms with Crippen LogP contribution in [0, 0.1) is 0 Å². The van der Waals surface area contributed by atoms with E-state index in [1.54, 1.807) is 12.1 Å². The maximum absolute atomic E-state index is 13.0. The van der Waals surface area contributed by atoms with Gasteiger partial charge in [0, 0.05) is 6.04 Å². The highest BCUT2D eigenvalue weighted by Crippen LogP contribution is 2.28. The van der Waals surface area contributed by atoms with E-state index in [0.717, 1.165) is 25.7 Å². The van der Waals surface area contributed by atoms with Gasteiger partial charge in [-0.1, -0.05) is 72.8 Å². The molecule has 0 unspecified atom stereocenters. The third-order valence-electron chi connectivity index (χ3n) is 5.41. The monoisotopic (exact) mass is 369 g/mol. The molecule has 0 fully saturated rings. The summed E-state index contributed by atoms with van der Waals surface area (Å²) in [5, 5.41) is 0. The highest BCUT2D eigenvalue weighted by molar-refractivity contribution is 6.21. The first kappa shape index (κ1) is 18.2. The van der Waals surface area contributed by atoms with E-state index in [1.165, 1.54) is 16.0 Å². The van der Waals surface area contributed by atoms with E-state index in [-0.39, 0.29) is 17.9 Å². The van der Waals surface area contributed by atoms with Crippen LogP contribution in [0.2, 0.25) is 0 Å². The van der Waals surface area contributed by atoms with E-state index in [9.17, 15) is 9.59 Å². The van der Waals surface area contributed by atoms with Crippen LogP contribution in [0.4, 0.5) is 0 Å². The lowest BCUT2D eigenvalue weighted by Crippen LogP contribution is -2.40. The van der Waals surface area contributed by atoms with Crippen molar-refractivity contribution in [2.24, 2.45) is 0 Å². The average Bonchev–Trinajstić information content (AvgIpc) is 3.01. The van der Waals surface area contributed by atoms with Crippen molar-refractivity contribution >= 4 is 11.8 Å². The number of benzene rings is 3. The van der Waals surface area contributed by atoms with E-state index in [4.69, 9.17) is 0 Å². The zero-order valence-electron chi connectivity index (χ0n) is 15.8. The maximum Gasteiger partial charge on any atom is 0.261 e. The van der Waals surface area contributed by atoms with Gasteiger partial charge in [0.05, 0.1) is 11.1 Å². The Morgan fingerprint density at radius 3 is 1.39 bits per heavy atom. The van der Waals surface area contributed by atoms with Crippen LogP contribution in [0.3, 0.4) is 0 Å². The fourth-order valence-corrected chi connectivity index (χ4v) is 3.90. The van der Waals surface area contributed by atoms with Gasteiger partial charge in [0.1, 0.15) is 0 Å². The summed E-state index contributed by atoms with van der Waals surface area (Å²) in [7, 11) is 0. The van der Waals surface area contributed by atoms with Crippen molar-refractivity contribution < 1.29 is 9.59 Å². The quantitative estimate of drug-likeness (QED) is 0.555. The Kier molecular flexibility index (Phi) is 5.34. The third-order valence-corrected chi connectivity index (χ3v) is 5.41. The van der Waals surface area contributed by atoms with Gasteiger partial charge in [-0.15, -0.1) is 0 Å². The van der Waals surface area contributed by atoms with Crippen LogP contribution >= 0.6 is 0 Å². The van der Waals surface area contributed by atoms with Crippen LogP contribution in [0.25, 0.3) is 0 Å². The number of imide groups is 1. The van der Waals surface area contributed by atoms with Crippen molar-refractivity contribution in [3.05, 3.63) is 107 Å². The van der Waals surface area contributed by atoms with Crippen LogP contribution in [0.5, 0.6) is 0 Å². The lowest BCUT2D eigenvalue weighted by molar-refractivity contribution is 0.0568. The molecule has 1 aliphatic rings. The van der Waals surface area contributed by atoms with Crippen molar-refractivity contribution in [2.75, 3.05) is 0 Å². The first-order chi connectivity index (χ1) is 13.7. The standard InChI is InChI=1S/C25H23NO2/c27-24-22-13-7-8-14-23(22)25(28)26(24)21(17-15-19-9-3-1-4-10-19)18-16-20-11-5-2-6-12-20/h1-14,21H,15-18H2. The molecule has 3 heteroatoms. The summed E-state index contributed by atoms with van der Waals surface area (Å²) < 4.78 is 0. The van der Waals surface area contributed by atoms with E-state index < -0.39 is 0 Å². The second-order valence-corrected chi connectivity index (χ2v) is 7.23. The topological polar surface area (TPSA) is 37.4 Å². The normalized spacial score (nSPS) is 13.2. The van der Waals surface area contributed by atoms with Crippen LogP contribution in [0.15, 0.2) is 84.9 Å². The minimum atomic E-state index is -0.160. The molecular weight excluding hydrogens is 346 g/mol. The lowest BCUT2D eigenvalue weighted by atomic mass is 9.98. The number of hydrogen-bond donors (Lipinski definition) is 0. The number of nitrogens with zero attached hydrogens (tertiary/aromatic N) is 1. The summed E-state index contributed by atoms with van der Waals surface area (Å²) in [6.07, 6.45) is 3.21. The Morgan fingerprint density at radius 2 is 0.964 bits per heavy atom. The van der Waals surface area contributed by atoms with Gasteiger partial charge < -0.3 is 0 Å². The second kappa shape index (κ2) is 8.22. The Hall–Kier alpha value is -3.20. The summed E-state index contributed by atoms with van der Waals surface area (Å²) in [5.74, 6) is -0.321. The maximum atomic E-state index is 13.0. The van der Waals surface area contributed by atoms with Gasteiger partial charge in [-0.25, -0.2) is 0 Å². The molecule has 0 atom stereocenters. The Bertz CT molecular complexity index is 888. The van der Waals surface area contributed by atoms with Gasteiger partial charge in [-0.3, -0.25) is 14.5 Å². The van der Waals surface area contributed by atoms with E-state index in [1.807, 2.05) is 48.5 Å². The Balaban J connectivity index is 1.55. The highest BCUT2D eigenvalue weighted by Gasteiger charge is 2.39. The molecule has 0 saturated carbocycles. The van der Waals surface area contributed by atoms with Crippen LogP contribution in [0.1, 0.15) is 44.7 Å². The lowest BCUT2D eigenvalue weighted by Gasteiger charge is -2.26. The van der Waals surface area contributed by atoms with Crippen LogP contribution in [-0.2, 0) is 12.8 Å². The van der Waals surface area contributed by atoms with Crippen molar-refractivity contribution in [3.8, 4) is 0 Å². The second-order valence-electron chi connectivity index (χ2n) is 7.23. The number of hydrogen-bond acceptors (Lipinski definition) is 2. The molecular formula is C25H23NO2. The van der Waals surface area contributed by atoms with Gasteiger partial charge in [-0.05, 0) is 48.9 Å². The van der Waals surface area contributed by atoms with Gasteiger partial charge >= 0.3 is 0 Å². The number of carbonyl (C=O) groups is 2. The molecule has 3 nitrogen and oxygen atoms in total. The molecule has 0 aliphatic carbocycles. The summed E-state index contributed by atoms with van der Waals surface area (Å²) in [5.41, 5.74) is 3.50. The average molecular weight is 369 g/mol. The zero-order chi connectivity index (χ0) is 19.3. The molecule has 0 saturated heterocycles. The van der Waals surface area contributed by atoms with Crippen LogP contribution < -0.4 is 0 Å². The van der Waals surface area contributed by atoms with E-state index in [2.05, 4.69) is 24.3 Å². The molecule has 0 radical (unpaired) electrons. The highest BCUT2D eigenvalue weighted by atomic mass is 16.2. The molecule has 3 aromatic carbocycles. The third kappa shape index (κ3) is 3.74. The van der Waals surface area contributed by atoms with Crippen molar-refractivity contribution in [3.63, 3.8) is 0 Å². The molecule has 28 heavy (non-hydrogen) atoms. The largest absolute Gasteiger partial charge is 0.271 e. The summed E-state index contributed by atoms with van der Waals surface area (Å²) in [6, 6.07) is 27.5. The SMILES string of the molecule is O=C1c2ccccc2C(=O)N1C(CCc1ccccc1)CCc1ccccc1. The smallest absolute Gasteiger partial charge is 0.261 e. The number of rotatable bonds is 7. The van der Waals surface area contributed by atoms with Crippen molar-refractivity contribution in [1.29, 1.82) is 0 Å². The number of amides is 2. The number of fused-ring (bicyclic) bond motifs is 1. The van der Waals surface area contributed by atoms with Gasteiger partial charge in [0.2, 0.25) is 0 Å². The van der Waals surface area contributed by atoms with Gasteiger partial charge in [-0.2, -0.15) is 0 Å². The fraction of sp³-hybridized carbons (Fsp3) is 0.200. The molecule has 0 spiro atoms. The number of aryl methyl sites for hydroxylation is 2. The molecule has 3 aromatic rings. The predicted molar refractivity (Wildman–Crippen MR) is 110 cm³/mol. The molecule has 1 aliphatic heterocycles. The van der Waals surface area contributed by atoms with Crippen LogP contribution in [-0.4, -0.2) is 22.8 Å². The minimum Gasteiger partial charge on any atom is -0.271 e. The molecule has 4 rings (SSSR count). The van der Waals surface area contributed by atoms with Crippen molar-refractivity contribution in [1.82, 2.24) is 4.90 Å². The van der Waals surface area contributed by atoms with Crippen molar-refractivity contribution in [2.45, 2.75) is 31.7 Å². The fourth-order valence-electron chi connectivity index (χ4n) is 3.90.